The van der Waals surface area contributed by atoms with Crippen LogP contribution in [0.2, 0.25) is 0 Å². The minimum atomic E-state index is -1.12. The molecule has 21 heavy (non-hydrogen) atoms. The molecule has 0 aromatic carbocycles. The molecular weight excluding hydrogens is 274 g/mol. The molecule has 0 aliphatic rings. The van der Waals surface area contributed by atoms with Gasteiger partial charge >= 0.3 is 5.97 Å². The summed E-state index contributed by atoms with van der Waals surface area (Å²) in [6.07, 6.45) is 5.43. The van der Waals surface area contributed by atoms with Gasteiger partial charge < -0.3 is 14.4 Å². The highest BCUT2D eigenvalue weighted by Crippen LogP contribution is 2.20. The normalized spacial score (nSPS) is 11.0. The third-order valence-electron chi connectivity index (χ3n) is 3.06. The molecule has 2 aromatic rings. The smallest absolute Gasteiger partial charge is 0.358 e. The number of nitrogens with zero attached hydrogens (tertiary/aromatic N) is 5. The minimum absolute atomic E-state index is 0.0992. The van der Waals surface area contributed by atoms with E-state index in [9.17, 15) is 9.90 Å². The summed E-state index contributed by atoms with van der Waals surface area (Å²) < 4.78 is 8.75. The van der Waals surface area contributed by atoms with Crippen LogP contribution < -0.4 is 0 Å². The lowest BCUT2D eigenvalue weighted by atomic mass is 10.3. The van der Waals surface area contributed by atoms with Gasteiger partial charge in [0.05, 0.1) is 13.2 Å². The van der Waals surface area contributed by atoms with Gasteiger partial charge in [0, 0.05) is 26.0 Å². The van der Waals surface area contributed by atoms with E-state index >= 15 is 0 Å². The van der Waals surface area contributed by atoms with Gasteiger partial charge in [-0.15, -0.1) is 5.10 Å². The standard InChI is InChI=1S/C13H19N5O3/c1-3-4-8-21-9-7-18-11(10(13(19)20)15-16-18)12-14-5-6-17(12)2/h5-6H,3-4,7-9H2,1-2H3,(H,19,20). The van der Waals surface area contributed by atoms with E-state index in [0.717, 1.165) is 12.8 Å². The van der Waals surface area contributed by atoms with Crippen LogP contribution in [0.4, 0.5) is 0 Å². The van der Waals surface area contributed by atoms with Crippen molar-refractivity contribution in [2.24, 2.45) is 7.05 Å². The van der Waals surface area contributed by atoms with Crippen LogP contribution in [0, 0.1) is 0 Å². The van der Waals surface area contributed by atoms with E-state index in [1.807, 2.05) is 0 Å². The van der Waals surface area contributed by atoms with Crippen molar-refractivity contribution >= 4 is 5.97 Å². The molecule has 0 spiro atoms. The Morgan fingerprint density at radius 2 is 2.24 bits per heavy atom. The maximum atomic E-state index is 11.3. The van der Waals surface area contributed by atoms with Crippen LogP contribution in [0.15, 0.2) is 12.4 Å². The highest BCUT2D eigenvalue weighted by Gasteiger charge is 2.23. The van der Waals surface area contributed by atoms with E-state index in [-0.39, 0.29) is 5.69 Å². The average Bonchev–Trinajstić information content (AvgIpc) is 3.04. The monoisotopic (exact) mass is 293 g/mol. The number of hydrogen-bond donors (Lipinski definition) is 1. The Hall–Kier alpha value is -2.22. The van der Waals surface area contributed by atoms with Crippen molar-refractivity contribution in [1.29, 1.82) is 0 Å². The molecule has 2 heterocycles. The number of carboxylic acid groups (broad SMARTS) is 1. The largest absolute Gasteiger partial charge is 0.476 e. The van der Waals surface area contributed by atoms with Gasteiger partial charge in [0.25, 0.3) is 0 Å². The molecule has 0 saturated heterocycles. The maximum Gasteiger partial charge on any atom is 0.358 e. The van der Waals surface area contributed by atoms with Crippen molar-refractivity contribution in [3.05, 3.63) is 18.1 Å². The first-order valence-electron chi connectivity index (χ1n) is 6.87. The summed E-state index contributed by atoms with van der Waals surface area (Å²) in [4.78, 5) is 15.5. The molecular formula is C13H19N5O3. The first-order valence-corrected chi connectivity index (χ1v) is 6.87. The summed E-state index contributed by atoms with van der Waals surface area (Å²) in [7, 11) is 1.79. The van der Waals surface area contributed by atoms with E-state index in [1.54, 1.807) is 24.0 Å². The number of carbonyl (C=O) groups is 1. The van der Waals surface area contributed by atoms with Crippen LogP contribution in [0.3, 0.4) is 0 Å². The Morgan fingerprint density at radius 1 is 1.43 bits per heavy atom. The van der Waals surface area contributed by atoms with E-state index in [0.29, 0.717) is 31.3 Å². The number of aryl methyl sites for hydroxylation is 1. The van der Waals surface area contributed by atoms with E-state index in [1.165, 1.54) is 4.68 Å². The zero-order chi connectivity index (χ0) is 15.2. The number of aromatic carboxylic acids is 1. The van der Waals surface area contributed by atoms with Crippen molar-refractivity contribution in [3.8, 4) is 11.5 Å². The topological polar surface area (TPSA) is 95.1 Å². The summed E-state index contributed by atoms with van der Waals surface area (Å²) in [5.74, 6) is -0.600. The highest BCUT2D eigenvalue weighted by molar-refractivity contribution is 5.91. The number of imidazole rings is 1. The van der Waals surface area contributed by atoms with Gasteiger partial charge in [-0.3, -0.25) is 0 Å². The molecule has 0 atom stereocenters. The molecule has 0 aliphatic carbocycles. The molecule has 1 N–H and O–H groups in total. The maximum absolute atomic E-state index is 11.3. The lowest BCUT2D eigenvalue weighted by Gasteiger charge is -2.07. The van der Waals surface area contributed by atoms with Crippen LogP contribution in [-0.4, -0.2) is 48.8 Å². The fraction of sp³-hybridized carbons (Fsp3) is 0.538. The fourth-order valence-electron chi connectivity index (χ4n) is 1.93. The molecule has 0 saturated carbocycles. The van der Waals surface area contributed by atoms with Gasteiger partial charge in [-0.1, -0.05) is 18.6 Å². The lowest BCUT2D eigenvalue weighted by molar-refractivity contribution is 0.0691. The van der Waals surface area contributed by atoms with Crippen molar-refractivity contribution in [1.82, 2.24) is 24.5 Å². The molecule has 0 unspecified atom stereocenters. The van der Waals surface area contributed by atoms with Gasteiger partial charge in [-0.2, -0.15) is 0 Å². The quantitative estimate of drug-likeness (QED) is 0.735. The highest BCUT2D eigenvalue weighted by atomic mass is 16.5. The number of unbranched alkanes of at least 4 members (excludes halogenated alkanes) is 1. The number of aromatic nitrogens is 5. The number of hydrogen-bond acceptors (Lipinski definition) is 5. The van der Waals surface area contributed by atoms with Crippen LogP contribution in [-0.2, 0) is 18.3 Å². The predicted octanol–water partition coefficient (Wildman–Crippen LogP) is 1.19. The first kappa shape index (κ1) is 15.2. The second-order valence-corrected chi connectivity index (χ2v) is 4.64. The number of carboxylic acids is 1. The van der Waals surface area contributed by atoms with Crippen LogP contribution in [0.25, 0.3) is 11.5 Å². The Kier molecular flexibility index (Phi) is 5.04. The van der Waals surface area contributed by atoms with Gasteiger partial charge in [0.2, 0.25) is 5.69 Å². The summed E-state index contributed by atoms with van der Waals surface area (Å²) in [5.41, 5.74) is 0.298. The third kappa shape index (κ3) is 3.46. The molecule has 0 radical (unpaired) electrons. The molecule has 0 fully saturated rings. The van der Waals surface area contributed by atoms with Crippen molar-refractivity contribution in [3.63, 3.8) is 0 Å². The Morgan fingerprint density at radius 3 is 2.86 bits per heavy atom. The molecule has 0 aliphatic heterocycles. The zero-order valence-electron chi connectivity index (χ0n) is 12.2. The van der Waals surface area contributed by atoms with Crippen LogP contribution in [0.5, 0.6) is 0 Å². The molecule has 8 heteroatoms. The molecule has 114 valence electrons. The van der Waals surface area contributed by atoms with Crippen molar-refractivity contribution in [2.75, 3.05) is 13.2 Å². The van der Waals surface area contributed by atoms with E-state index in [2.05, 4.69) is 22.2 Å². The minimum Gasteiger partial charge on any atom is -0.476 e. The van der Waals surface area contributed by atoms with Crippen LogP contribution >= 0.6 is 0 Å². The second kappa shape index (κ2) is 6.98. The molecule has 0 bridgehead atoms. The Balaban J connectivity index is 2.18. The van der Waals surface area contributed by atoms with Crippen molar-refractivity contribution in [2.45, 2.75) is 26.3 Å². The average molecular weight is 293 g/mol. The van der Waals surface area contributed by atoms with Crippen LogP contribution in [0.1, 0.15) is 30.3 Å². The summed E-state index contributed by atoms with van der Waals surface area (Å²) in [6, 6.07) is 0. The summed E-state index contributed by atoms with van der Waals surface area (Å²) in [5, 5.41) is 16.9. The summed E-state index contributed by atoms with van der Waals surface area (Å²) in [6.45, 7) is 3.68. The Labute approximate surface area is 122 Å². The van der Waals surface area contributed by atoms with Gasteiger partial charge in [0.15, 0.2) is 5.82 Å². The Bertz CT molecular complexity index is 605. The molecule has 2 aromatic heterocycles. The molecule has 2 rings (SSSR count). The molecule has 8 nitrogen and oxygen atoms in total. The zero-order valence-corrected chi connectivity index (χ0v) is 12.2. The lowest BCUT2D eigenvalue weighted by Crippen LogP contribution is -2.12. The second-order valence-electron chi connectivity index (χ2n) is 4.64. The number of ether oxygens (including phenoxy) is 1. The van der Waals surface area contributed by atoms with Gasteiger partial charge in [0.1, 0.15) is 5.69 Å². The number of rotatable bonds is 8. The van der Waals surface area contributed by atoms with Crippen molar-refractivity contribution < 1.29 is 14.6 Å². The van der Waals surface area contributed by atoms with E-state index < -0.39 is 5.97 Å². The predicted molar refractivity (Wildman–Crippen MR) is 74.9 cm³/mol. The molecule has 0 amide bonds. The first-order chi connectivity index (χ1) is 10.1. The summed E-state index contributed by atoms with van der Waals surface area (Å²) >= 11 is 0. The fourth-order valence-corrected chi connectivity index (χ4v) is 1.93. The van der Waals surface area contributed by atoms with Gasteiger partial charge in [-0.05, 0) is 6.42 Å². The third-order valence-corrected chi connectivity index (χ3v) is 3.06. The van der Waals surface area contributed by atoms with E-state index in [4.69, 9.17) is 4.74 Å². The SMILES string of the molecule is CCCCOCCn1nnc(C(=O)O)c1-c1nccn1C. The van der Waals surface area contributed by atoms with Gasteiger partial charge in [-0.25, -0.2) is 14.5 Å².